The molecule has 0 saturated carbocycles. The van der Waals surface area contributed by atoms with Crippen LogP contribution in [0.1, 0.15) is 11.1 Å². The first-order valence-electron chi connectivity index (χ1n) is 9.64. The van der Waals surface area contributed by atoms with E-state index in [1.54, 1.807) is 36.4 Å². The van der Waals surface area contributed by atoms with Crippen LogP contribution in [0.15, 0.2) is 71.6 Å². The van der Waals surface area contributed by atoms with E-state index in [-0.39, 0.29) is 11.4 Å². The number of benzene rings is 3. The van der Waals surface area contributed by atoms with Crippen LogP contribution in [-0.2, 0) is 21.4 Å². The highest BCUT2D eigenvalue weighted by Crippen LogP contribution is 2.26. The lowest BCUT2D eigenvalue weighted by atomic mass is 10.2. The van der Waals surface area contributed by atoms with Gasteiger partial charge >= 0.3 is 0 Å². The van der Waals surface area contributed by atoms with Crippen LogP contribution < -0.4 is 10.1 Å². The summed E-state index contributed by atoms with van der Waals surface area (Å²) >= 11 is 12.2. The van der Waals surface area contributed by atoms with Crippen molar-refractivity contribution in [1.82, 2.24) is 4.31 Å². The highest BCUT2D eigenvalue weighted by atomic mass is 35.5. The second-order valence-electron chi connectivity index (χ2n) is 7.07. The highest BCUT2D eigenvalue weighted by molar-refractivity contribution is 7.89. The van der Waals surface area contributed by atoms with Crippen molar-refractivity contribution < 1.29 is 17.9 Å². The standard InChI is InChI=1S/C23H22Cl2N2O4S/c1-16-7-12-22(31-2)21(13-16)26-23(28)15-27(14-17-5-3-4-6-20(17)25)32(29,30)19-10-8-18(24)9-11-19/h3-13H,14-15H2,1-2H3,(H,26,28). The van der Waals surface area contributed by atoms with Crippen LogP contribution in [-0.4, -0.2) is 32.3 Å². The number of nitrogens with zero attached hydrogens (tertiary/aromatic N) is 1. The zero-order chi connectivity index (χ0) is 23.3. The summed E-state index contributed by atoms with van der Waals surface area (Å²) in [6.45, 7) is 1.38. The SMILES string of the molecule is COc1ccc(C)cc1NC(=O)CN(Cc1ccccc1Cl)S(=O)(=O)c1ccc(Cl)cc1. The number of aryl methyl sites for hydroxylation is 1. The monoisotopic (exact) mass is 492 g/mol. The molecule has 0 atom stereocenters. The number of sulfonamides is 1. The number of nitrogens with one attached hydrogen (secondary N) is 1. The van der Waals surface area contributed by atoms with E-state index < -0.39 is 22.5 Å². The second kappa shape index (κ2) is 10.4. The number of hydrogen-bond acceptors (Lipinski definition) is 4. The normalized spacial score (nSPS) is 11.4. The summed E-state index contributed by atoms with van der Waals surface area (Å²) < 4.78 is 33.1. The van der Waals surface area contributed by atoms with Gasteiger partial charge in [0.2, 0.25) is 15.9 Å². The van der Waals surface area contributed by atoms with Crippen molar-refractivity contribution >= 4 is 44.8 Å². The number of ether oxygens (including phenoxy) is 1. The zero-order valence-electron chi connectivity index (χ0n) is 17.5. The Morgan fingerprint density at radius 2 is 1.72 bits per heavy atom. The summed E-state index contributed by atoms with van der Waals surface area (Å²) in [4.78, 5) is 12.9. The molecule has 0 aliphatic rings. The molecular weight excluding hydrogens is 471 g/mol. The third-order valence-electron chi connectivity index (χ3n) is 4.70. The Kier molecular flexibility index (Phi) is 7.79. The smallest absolute Gasteiger partial charge is 0.243 e. The topological polar surface area (TPSA) is 75.7 Å². The molecule has 168 valence electrons. The minimum Gasteiger partial charge on any atom is -0.495 e. The third kappa shape index (κ3) is 5.81. The molecule has 3 aromatic rings. The molecule has 0 saturated heterocycles. The summed E-state index contributed by atoms with van der Waals surface area (Å²) in [5, 5.41) is 3.56. The molecule has 0 heterocycles. The van der Waals surface area contributed by atoms with Gasteiger partial charge < -0.3 is 10.1 Å². The average Bonchev–Trinajstić information content (AvgIpc) is 2.75. The maximum Gasteiger partial charge on any atom is 0.243 e. The Balaban J connectivity index is 1.92. The molecular formula is C23H22Cl2N2O4S. The van der Waals surface area contributed by atoms with E-state index in [2.05, 4.69) is 5.32 Å². The van der Waals surface area contributed by atoms with Crippen molar-refractivity contribution in [2.75, 3.05) is 19.0 Å². The van der Waals surface area contributed by atoms with Gasteiger partial charge in [0, 0.05) is 16.6 Å². The Labute approximate surface area is 197 Å². The van der Waals surface area contributed by atoms with Gasteiger partial charge in [-0.1, -0.05) is 47.5 Å². The molecule has 6 nitrogen and oxygen atoms in total. The number of carbonyl (C=O) groups excluding carboxylic acids is 1. The van der Waals surface area contributed by atoms with Gasteiger partial charge in [0.15, 0.2) is 0 Å². The molecule has 0 fully saturated rings. The van der Waals surface area contributed by atoms with Gasteiger partial charge in [-0.25, -0.2) is 8.42 Å². The quantitative estimate of drug-likeness (QED) is 0.472. The highest BCUT2D eigenvalue weighted by Gasteiger charge is 2.28. The van der Waals surface area contributed by atoms with Crippen LogP contribution in [0.4, 0.5) is 5.69 Å². The van der Waals surface area contributed by atoms with Crippen LogP contribution in [0, 0.1) is 6.92 Å². The van der Waals surface area contributed by atoms with Crippen molar-refractivity contribution in [2.24, 2.45) is 0 Å². The van der Waals surface area contributed by atoms with Gasteiger partial charge in [-0.05, 0) is 60.5 Å². The number of rotatable bonds is 8. The maximum atomic E-state index is 13.4. The molecule has 1 N–H and O–H groups in total. The Bertz CT molecular complexity index is 1210. The molecule has 1 amide bonds. The number of halogens is 2. The molecule has 3 rings (SSSR count). The molecule has 32 heavy (non-hydrogen) atoms. The second-order valence-corrected chi connectivity index (χ2v) is 9.85. The number of anilines is 1. The van der Waals surface area contributed by atoms with Gasteiger partial charge in [0.25, 0.3) is 0 Å². The Morgan fingerprint density at radius 1 is 1.03 bits per heavy atom. The lowest BCUT2D eigenvalue weighted by Gasteiger charge is -2.23. The van der Waals surface area contributed by atoms with Crippen molar-refractivity contribution in [3.63, 3.8) is 0 Å². The average molecular weight is 493 g/mol. The van der Waals surface area contributed by atoms with E-state index in [1.807, 2.05) is 13.0 Å². The number of methoxy groups -OCH3 is 1. The Morgan fingerprint density at radius 3 is 2.38 bits per heavy atom. The molecule has 0 unspecified atom stereocenters. The van der Waals surface area contributed by atoms with Crippen molar-refractivity contribution in [2.45, 2.75) is 18.4 Å². The molecule has 0 aromatic heterocycles. The van der Waals surface area contributed by atoms with Crippen LogP contribution in [0.25, 0.3) is 0 Å². The van der Waals surface area contributed by atoms with Crippen LogP contribution in [0.3, 0.4) is 0 Å². The van der Waals surface area contributed by atoms with Crippen LogP contribution in [0.5, 0.6) is 5.75 Å². The fourth-order valence-corrected chi connectivity index (χ4v) is 4.76. The van der Waals surface area contributed by atoms with Gasteiger partial charge in [-0.3, -0.25) is 4.79 Å². The van der Waals surface area contributed by atoms with E-state index in [0.717, 1.165) is 9.87 Å². The van der Waals surface area contributed by atoms with Crippen LogP contribution >= 0.6 is 23.2 Å². The predicted molar refractivity (Wildman–Crippen MR) is 127 cm³/mol. The lowest BCUT2D eigenvalue weighted by Crippen LogP contribution is -2.37. The summed E-state index contributed by atoms with van der Waals surface area (Å²) in [6, 6.07) is 18.0. The predicted octanol–water partition coefficient (Wildman–Crippen LogP) is 5.14. The van der Waals surface area contributed by atoms with Crippen molar-refractivity contribution in [3.05, 3.63) is 87.9 Å². The van der Waals surface area contributed by atoms with Crippen LogP contribution in [0.2, 0.25) is 10.0 Å². The largest absolute Gasteiger partial charge is 0.495 e. The first-order chi connectivity index (χ1) is 15.2. The molecule has 3 aromatic carbocycles. The molecule has 9 heteroatoms. The van der Waals surface area contributed by atoms with Crippen molar-refractivity contribution in [3.8, 4) is 5.75 Å². The van der Waals surface area contributed by atoms with Gasteiger partial charge in [0.05, 0.1) is 24.2 Å². The molecule has 0 spiro atoms. The van der Waals surface area contributed by atoms with E-state index >= 15 is 0 Å². The van der Waals surface area contributed by atoms with Gasteiger partial charge in [-0.15, -0.1) is 0 Å². The summed E-state index contributed by atoms with van der Waals surface area (Å²) in [5.41, 5.74) is 1.95. The number of hydrogen-bond donors (Lipinski definition) is 1. The van der Waals surface area contributed by atoms with E-state index in [9.17, 15) is 13.2 Å². The minimum absolute atomic E-state index is 0.0230. The summed E-state index contributed by atoms with van der Waals surface area (Å²) in [6.07, 6.45) is 0. The zero-order valence-corrected chi connectivity index (χ0v) is 19.8. The molecule has 0 bridgehead atoms. The van der Waals surface area contributed by atoms with Gasteiger partial charge in [-0.2, -0.15) is 4.31 Å². The first kappa shape index (κ1) is 24.1. The van der Waals surface area contributed by atoms with Crippen molar-refractivity contribution in [1.29, 1.82) is 0 Å². The summed E-state index contributed by atoms with van der Waals surface area (Å²) in [5.74, 6) is -0.0411. The minimum atomic E-state index is -4.02. The molecule has 0 aliphatic carbocycles. The molecule has 0 radical (unpaired) electrons. The number of amides is 1. The van der Waals surface area contributed by atoms with E-state index in [4.69, 9.17) is 27.9 Å². The Hall–Kier alpha value is -2.58. The molecule has 0 aliphatic heterocycles. The number of carbonyl (C=O) groups is 1. The lowest BCUT2D eigenvalue weighted by molar-refractivity contribution is -0.116. The maximum absolute atomic E-state index is 13.4. The van der Waals surface area contributed by atoms with E-state index in [1.165, 1.54) is 31.4 Å². The fourth-order valence-electron chi connectivity index (χ4n) is 3.07. The fraction of sp³-hybridized carbons (Fsp3) is 0.174. The first-order valence-corrected chi connectivity index (χ1v) is 11.8. The van der Waals surface area contributed by atoms with E-state index in [0.29, 0.717) is 27.0 Å². The third-order valence-corrected chi connectivity index (χ3v) is 7.13. The summed E-state index contributed by atoms with van der Waals surface area (Å²) in [7, 11) is -2.52. The van der Waals surface area contributed by atoms with Gasteiger partial charge in [0.1, 0.15) is 5.75 Å².